The van der Waals surface area contributed by atoms with Crippen LogP contribution in [0.1, 0.15) is 49.0 Å². The lowest BCUT2D eigenvalue weighted by Gasteiger charge is -2.35. The summed E-state index contributed by atoms with van der Waals surface area (Å²) in [5, 5.41) is 6.35. The Bertz CT molecular complexity index is 579. The van der Waals surface area contributed by atoms with E-state index < -0.39 is 0 Å². The Balaban J connectivity index is 1.80. The van der Waals surface area contributed by atoms with Crippen LogP contribution in [0.2, 0.25) is 0 Å². The van der Waals surface area contributed by atoms with Crippen molar-refractivity contribution < 1.29 is 0 Å². The molecule has 1 aliphatic carbocycles. The Hall–Kier alpha value is -0.780. The molecule has 3 rings (SSSR count). The molecule has 20 heavy (non-hydrogen) atoms. The van der Waals surface area contributed by atoms with Gasteiger partial charge in [0.25, 0.3) is 0 Å². The largest absolute Gasteiger partial charge is 0.319 e. The number of nitrogens with two attached hydrogens (primary N) is 1. The molecular formula is C15H21N3S2. The fraction of sp³-hybridized carbons (Fsp3) is 0.600. The Morgan fingerprint density at radius 2 is 1.85 bits per heavy atom. The van der Waals surface area contributed by atoms with Crippen LogP contribution in [-0.4, -0.2) is 9.97 Å². The lowest BCUT2D eigenvalue weighted by molar-refractivity contribution is 0.231. The number of aryl methyl sites for hydroxylation is 1. The van der Waals surface area contributed by atoms with Crippen molar-refractivity contribution in [2.24, 2.45) is 11.7 Å². The normalized spacial score (nSPS) is 26.9. The van der Waals surface area contributed by atoms with E-state index in [4.69, 9.17) is 10.7 Å². The van der Waals surface area contributed by atoms with E-state index in [1.54, 1.807) is 22.7 Å². The average molecular weight is 307 g/mol. The molecule has 0 unspecified atom stereocenters. The van der Waals surface area contributed by atoms with Gasteiger partial charge in [-0.05, 0) is 38.5 Å². The third-order valence-corrected chi connectivity index (χ3v) is 6.22. The van der Waals surface area contributed by atoms with Gasteiger partial charge in [0.2, 0.25) is 0 Å². The molecule has 0 aromatic carbocycles. The van der Waals surface area contributed by atoms with Crippen molar-refractivity contribution in [2.75, 3.05) is 0 Å². The first-order valence-corrected chi connectivity index (χ1v) is 9.04. The molecule has 0 radical (unpaired) electrons. The molecule has 1 saturated carbocycles. The average Bonchev–Trinajstić information content (AvgIpc) is 3.08. The summed E-state index contributed by atoms with van der Waals surface area (Å²) in [4.78, 5) is 9.29. The second-order valence-electron chi connectivity index (χ2n) is 5.80. The number of hydrogen-bond acceptors (Lipinski definition) is 5. The molecule has 2 heterocycles. The summed E-state index contributed by atoms with van der Waals surface area (Å²) in [5.74, 6) is 0.854. The Kier molecular flexibility index (Phi) is 3.93. The topological polar surface area (TPSA) is 51.8 Å². The minimum Gasteiger partial charge on any atom is -0.319 e. The van der Waals surface area contributed by atoms with E-state index in [1.807, 2.05) is 6.92 Å². The molecule has 2 aromatic rings. The van der Waals surface area contributed by atoms with Crippen LogP contribution in [-0.2, 0) is 5.54 Å². The van der Waals surface area contributed by atoms with E-state index in [-0.39, 0.29) is 5.54 Å². The van der Waals surface area contributed by atoms with Gasteiger partial charge in [-0.3, -0.25) is 0 Å². The van der Waals surface area contributed by atoms with Crippen molar-refractivity contribution in [3.8, 4) is 11.4 Å². The van der Waals surface area contributed by atoms with Crippen molar-refractivity contribution >= 4 is 22.7 Å². The zero-order valence-electron chi connectivity index (χ0n) is 12.1. The zero-order valence-corrected chi connectivity index (χ0v) is 13.7. The molecule has 2 N–H and O–H groups in total. The zero-order chi connectivity index (χ0) is 14.2. The van der Waals surface area contributed by atoms with Crippen LogP contribution in [0, 0.1) is 12.8 Å². The van der Waals surface area contributed by atoms with E-state index in [0.717, 1.165) is 40.2 Å². The maximum absolute atomic E-state index is 6.62. The molecule has 1 fully saturated rings. The Morgan fingerprint density at radius 3 is 2.45 bits per heavy atom. The summed E-state index contributed by atoms with van der Waals surface area (Å²) in [5.41, 5.74) is 8.39. The molecule has 0 spiro atoms. The molecule has 0 bridgehead atoms. The van der Waals surface area contributed by atoms with E-state index >= 15 is 0 Å². The highest BCUT2D eigenvalue weighted by Crippen LogP contribution is 2.40. The van der Waals surface area contributed by atoms with Crippen LogP contribution in [0.3, 0.4) is 0 Å². The van der Waals surface area contributed by atoms with Crippen molar-refractivity contribution in [2.45, 2.75) is 51.5 Å². The molecule has 2 aromatic heterocycles. The lowest BCUT2D eigenvalue weighted by atomic mass is 9.76. The van der Waals surface area contributed by atoms with Crippen molar-refractivity contribution in [1.29, 1.82) is 0 Å². The maximum Gasteiger partial charge on any atom is 0.113 e. The second-order valence-corrected chi connectivity index (χ2v) is 7.72. The first kappa shape index (κ1) is 14.2. The molecular weight excluding hydrogens is 286 g/mol. The molecule has 108 valence electrons. The summed E-state index contributed by atoms with van der Waals surface area (Å²) in [6.07, 6.45) is 5.87. The minimum atomic E-state index is -0.209. The van der Waals surface area contributed by atoms with Crippen LogP contribution in [0.5, 0.6) is 0 Å². The van der Waals surface area contributed by atoms with Crippen LogP contribution in [0.15, 0.2) is 10.8 Å². The molecule has 5 heteroatoms. The van der Waals surface area contributed by atoms with Crippen LogP contribution < -0.4 is 5.73 Å². The molecule has 0 saturated heterocycles. The Labute approximate surface area is 128 Å². The van der Waals surface area contributed by atoms with E-state index in [1.165, 1.54) is 19.3 Å². The second kappa shape index (κ2) is 5.54. The van der Waals surface area contributed by atoms with Gasteiger partial charge in [-0.1, -0.05) is 13.3 Å². The fourth-order valence-electron chi connectivity index (χ4n) is 2.92. The summed E-state index contributed by atoms with van der Waals surface area (Å²) in [6.45, 7) is 4.30. The first-order chi connectivity index (χ1) is 9.60. The predicted octanol–water partition coefficient (Wildman–Crippen LogP) is 4.33. The first-order valence-electron chi connectivity index (χ1n) is 7.28. The van der Waals surface area contributed by atoms with Gasteiger partial charge in [-0.25, -0.2) is 9.97 Å². The number of rotatable bonds is 3. The van der Waals surface area contributed by atoms with Crippen LogP contribution in [0.4, 0.5) is 0 Å². The Morgan fingerprint density at radius 1 is 1.20 bits per heavy atom. The van der Waals surface area contributed by atoms with Crippen LogP contribution >= 0.6 is 22.7 Å². The highest BCUT2D eigenvalue weighted by molar-refractivity contribution is 7.10. The van der Waals surface area contributed by atoms with Gasteiger partial charge in [0.05, 0.1) is 10.5 Å². The lowest BCUT2D eigenvalue weighted by Crippen LogP contribution is -2.40. The molecule has 3 nitrogen and oxygen atoms in total. The summed E-state index contributed by atoms with van der Waals surface area (Å²) >= 11 is 3.37. The SMILES string of the molecule is CCC1CCC(N)(c2nc(-c3csc(C)n3)cs2)CC1. The van der Waals surface area contributed by atoms with Gasteiger partial charge >= 0.3 is 0 Å². The maximum atomic E-state index is 6.62. The van der Waals surface area contributed by atoms with Gasteiger partial charge < -0.3 is 5.73 Å². The number of hydrogen-bond donors (Lipinski definition) is 1. The highest BCUT2D eigenvalue weighted by atomic mass is 32.1. The van der Waals surface area contributed by atoms with E-state index in [0.29, 0.717) is 0 Å². The van der Waals surface area contributed by atoms with E-state index in [2.05, 4.69) is 22.7 Å². The minimum absolute atomic E-state index is 0.209. The van der Waals surface area contributed by atoms with Crippen molar-refractivity contribution in [1.82, 2.24) is 9.97 Å². The summed E-state index contributed by atoms with van der Waals surface area (Å²) in [6, 6.07) is 0. The fourth-order valence-corrected chi connectivity index (χ4v) is 4.51. The number of nitrogens with zero attached hydrogens (tertiary/aromatic N) is 2. The monoisotopic (exact) mass is 307 g/mol. The van der Waals surface area contributed by atoms with Gasteiger partial charge in [0, 0.05) is 10.8 Å². The smallest absolute Gasteiger partial charge is 0.113 e. The van der Waals surface area contributed by atoms with Gasteiger partial charge in [0.1, 0.15) is 16.4 Å². The predicted molar refractivity (Wildman–Crippen MR) is 86.1 cm³/mol. The van der Waals surface area contributed by atoms with Crippen molar-refractivity contribution in [3.63, 3.8) is 0 Å². The number of aromatic nitrogens is 2. The van der Waals surface area contributed by atoms with E-state index in [9.17, 15) is 0 Å². The standard InChI is InChI=1S/C15H21N3S2/c1-3-11-4-6-15(16,7-5-11)14-18-13(9-20-14)12-8-19-10(2)17-12/h8-9,11H,3-7,16H2,1-2H3. The third-order valence-electron chi connectivity index (χ3n) is 4.39. The summed E-state index contributed by atoms with van der Waals surface area (Å²) < 4.78 is 0. The third kappa shape index (κ3) is 2.67. The molecule has 0 amide bonds. The van der Waals surface area contributed by atoms with Gasteiger partial charge in [0.15, 0.2) is 0 Å². The quantitative estimate of drug-likeness (QED) is 0.918. The van der Waals surface area contributed by atoms with Crippen LogP contribution in [0.25, 0.3) is 11.4 Å². The van der Waals surface area contributed by atoms with Crippen molar-refractivity contribution in [3.05, 3.63) is 20.8 Å². The molecule has 0 atom stereocenters. The molecule has 1 aliphatic rings. The van der Waals surface area contributed by atoms with Gasteiger partial charge in [-0.15, -0.1) is 22.7 Å². The molecule has 0 aliphatic heterocycles. The number of thiazole rings is 2. The highest BCUT2D eigenvalue weighted by Gasteiger charge is 2.35. The summed E-state index contributed by atoms with van der Waals surface area (Å²) in [7, 11) is 0. The van der Waals surface area contributed by atoms with Gasteiger partial charge in [-0.2, -0.15) is 0 Å².